The van der Waals surface area contributed by atoms with E-state index in [1.807, 2.05) is 0 Å². The summed E-state index contributed by atoms with van der Waals surface area (Å²) in [6.07, 6.45) is 0.921. The lowest BCUT2D eigenvalue weighted by Crippen LogP contribution is -2.35. The molecule has 5 N–H and O–H groups in total. The summed E-state index contributed by atoms with van der Waals surface area (Å²) in [5, 5.41) is 8.35. The van der Waals surface area contributed by atoms with Crippen LogP contribution in [0.5, 0.6) is 0 Å². The molecule has 2 bridgehead atoms. The molecule has 0 aromatic carbocycles. The maximum atomic E-state index is 12.3. The third-order valence-corrected chi connectivity index (χ3v) is 4.16. The number of urea groups is 1. The number of nitrogens with zero attached hydrogens (tertiary/aromatic N) is 4. The lowest BCUT2D eigenvalue weighted by Gasteiger charge is -2.27. The second kappa shape index (κ2) is 5.68. The van der Waals surface area contributed by atoms with Crippen LogP contribution in [0.15, 0.2) is 4.42 Å². The van der Waals surface area contributed by atoms with Gasteiger partial charge in [0, 0.05) is 13.1 Å². The Labute approximate surface area is 131 Å². The minimum absolute atomic E-state index is 0.132. The zero-order chi connectivity index (χ0) is 16.8. The van der Waals surface area contributed by atoms with Crippen molar-refractivity contribution in [2.45, 2.75) is 31.0 Å². The van der Waals surface area contributed by atoms with Crippen LogP contribution in [-0.4, -0.2) is 58.3 Å². The summed E-state index contributed by atoms with van der Waals surface area (Å²) in [5.41, 5.74) is 11.1. The Bertz CT molecular complexity index is 706. The summed E-state index contributed by atoms with van der Waals surface area (Å²) in [5.74, 6) is 0.367. The fourth-order valence-electron chi connectivity index (χ4n) is 2.72. The summed E-state index contributed by atoms with van der Waals surface area (Å²) < 4.78 is 40.2. The molecule has 0 radical (unpaired) electrons. The van der Waals surface area contributed by atoms with Gasteiger partial charge in [0.1, 0.15) is 6.04 Å². The number of hydrogen-bond donors (Lipinski definition) is 3. The van der Waals surface area contributed by atoms with Gasteiger partial charge in [0.2, 0.25) is 11.8 Å². The molecule has 0 spiro atoms. The van der Waals surface area contributed by atoms with Gasteiger partial charge in [0.25, 0.3) is 0 Å². The van der Waals surface area contributed by atoms with E-state index < -0.39 is 34.6 Å². The molecule has 2 aliphatic heterocycles. The van der Waals surface area contributed by atoms with Gasteiger partial charge in [-0.1, -0.05) is 0 Å². The lowest BCUT2D eigenvalue weighted by atomic mass is 10.0. The molecule has 1 aromatic rings. The number of fused-ring (bicyclic) bond motifs is 2. The van der Waals surface area contributed by atoms with E-state index in [-0.39, 0.29) is 24.9 Å². The highest BCUT2D eigenvalue weighted by molar-refractivity contribution is 7.80. The molecule has 2 fully saturated rings. The second-order valence-electron chi connectivity index (χ2n) is 5.33. The second-order valence-corrected chi connectivity index (χ2v) is 6.34. The van der Waals surface area contributed by atoms with Crippen LogP contribution in [0, 0.1) is 0 Å². The van der Waals surface area contributed by atoms with E-state index in [4.69, 9.17) is 20.4 Å². The Morgan fingerprint density at radius 2 is 2.17 bits per heavy atom. The zero-order valence-corrected chi connectivity index (χ0v) is 12.7. The van der Waals surface area contributed by atoms with E-state index >= 15 is 0 Å². The number of carbonyl (C=O) groups excluding carboxylic acids is 1. The van der Waals surface area contributed by atoms with Crippen molar-refractivity contribution in [2.24, 2.45) is 11.5 Å². The number of hydroxylamine groups is 2. The van der Waals surface area contributed by atoms with Gasteiger partial charge in [-0.15, -0.1) is 14.5 Å². The van der Waals surface area contributed by atoms with Gasteiger partial charge in [-0.3, -0.25) is 4.55 Å². The average Bonchev–Trinajstić information content (AvgIpc) is 3.06. The maximum absolute atomic E-state index is 12.3. The first-order valence-electron chi connectivity index (χ1n) is 6.86. The van der Waals surface area contributed by atoms with E-state index in [2.05, 4.69) is 14.5 Å². The molecule has 23 heavy (non-hydrogen) atoms. The molecule has 2 saturated heterocycles. The monoisotopic (exact) mass is 348 g/mol. The molecule has 3 atom stereocenters. The third kappa shape index (κ3) is 3.00. The highest BCUT2D eigenvalue weighted by Gasteiger charge is 2.49. The van der Waals surface area contributed by atoms with Crippen LogP contribution in [0.3, 0.4) is 0 Å². The van der Waals surface area contributed by atoms with Gasteiger partial charge < -0.3 is 20.8 Å². The van der Waals surface area contributed by atoms with Crippen LogP contribution in [0.4, 0.5) is 4.79 Å². The van der Waals surface area contributed by atoms with Crippen LogP contribution < -0.4 is 11.5 Å². The highest BCUT2D eigenvalue weighted by atomic mass is 32.3. The summed E-state index contributed by atoms with van der Waals surface area (Å²) in [6.45, 7) is 0.354. The van der Waals surface area contributed by atoms with Crippen LogP contribution in [0.25, 0.3) is 0 Å². The summed E-state index contributed by atoms with van der Waals surface area (Å²) in [4.78, 5) is 13.6. The maximum Gasteiger partial charge on any atom is 0.418 e. The first-order valence-corrected chi connectivity index (χ1v) is 8.22. The van der Waals surface area contributed by atoms with Crippen molar-refractivity contribution in [2.75, 3.05) is 13.1 Å². The molecular weight excluding hydrogens is 332 g/mol. The minimum Gasteiger partial charge on any atom is -0.421 e. The lowest BCUT2D eigenvalue weighted by molar-refractivity contribution is -0.0317. The summed E-state index contributed by atoms with van der Waals surface area (Å²) >= 11 is 0. The number of aromatic nitrogens is 2. The Hall–Kier alpha value is -1.80. The largest absolute Gasteiger partial charge is 0.421 e. The van der Waals surface area contributed by atoms with Crippen molar-refractivity contribution in [1.29, 1.82) is 0 Å². The van der Waals surface area contributed by atoms with Gasteiger partial charge in [0.05, 0.1) is 12.1 Å². The first-order chi connectivity index (χ1) is 10.8. The van der Waals surface area contributed by atoms with Crippen LogP contribution in [-0.2, 0) is 14.7 Å². The van der Waals surface area contributed by atoms with E-state index in [9.17, 15) is 13.2 Å². The Morgan fingerprint density at radius 1 is 1.43 bits per heavy atom. The molecule has 0 aliphatic carbocycles. The SMILES string of the molecule is NCC(N)c1nnc([C@@H]2CC[C@H]3CN2C(=O)N3OS(=O)(=O)O)o1. The topological polar surface area (TPSA) is 178 Å². The average molecular weight is 348 g/mol. The van der Waals surface area contributed by atoms with Crippen molar-refractivity contribution < 1.29 is 26.5 Å². The van der Waals surface area contributed by atoms with Crippen LogP contribution in [0.1, 0.15) is 36.7 Å². The predicted molar refractivity (Wildman–Crippen MR) is 72.6 cm³/mol. The first kappa shape index (κ1) is 16.1. The smallest absolute Gasteiger partial charge is 0.418 e. The number of rotatable bonds is 5. The Morgan fingerprint density at radius 3 is 2.83 bits per heavy atom. The van der Waals surface area contributed by atoms with Crippen molar-refractivity contribution in [3.05, 3.63) is 11.8 Å². The molecule has 0 saturated carbocycles. The number of amides is 2. The molecular formula is C10H16N6O6S. The van der Waals surface area contributed by atoms with E-state index in [0.29, 0.717) is 17.9 Å². The van der Waals surface area contributed by atoms with E-state index in [1.165, 1.54) is 4.90 Å². The van der Waals surface area contributed by atoms with Gasteiger partial charge in [-0.2, -0.15) is 13.5 Å². The van der Waals surface area contributed by atoms with Gasteiger partial charge in [0.15, 0.2) is 0 Å². The normalized spacial score (nSPS) is 26.0. The molecule has 12 nitrogen and oxygen atoms in total. The Balaban J connectivity index is 1.80. The van der Waals surface area contributed by atoms with E-state index in [1.54, 1.807) is 0 Å². The minimum atomic E-state index is -4.78. The van der Waals surface area contributed by atoms with Gasteiger partial charge in [-0.05, 0) is 12.8 Å². The summed E-state index contributed by atoms with van der Waals surface area (Å²) in [6, 6.07) is -2.28. The zero-order valence-electron chi connectivity index (χ0n) is 11.9. The highest BCUT2D eigenvalue weighted by Crippen LogP contribution is 2.38. The van der Waals surface area contributed by atoms with Gasteiger partial charge >= 0.3 is 16.4 Å². The molecule has 1 unspecified atom stereocenters. The fourth-order valence-corrected chi connectivity index (χ4v) is 3.11. The molecule has 1 aromatic heterocycles. The molecule has 3 heterocycles. The molecule has 2 aliphatic rings. The number of carbonyl (C=O) groups is 1. The number of nitrogens with two attached hydrogens (primary N) is 2. The molecule has 2 amide bonds. The van der Waals surface area contributed by atoms with Gasteiger partial charge in [-0.25, -0.2) is 4.79 Å². The fraction of sp³-hybridized carbons (Fsp3) is 0.700. The Kier molecular flexibility index (Phi) is 3.97. The number of hydrogen-bond acceptors (Lipinski definition) is 9. The van der Waals surface area contributed by atoms with Crippen molar-refractivity contribution >= 4 is 16.4 Å². The molecule has 128 valence electrons. The molecule has 3 rings (SSSR count). The third-order valence-electron chi connectivity index (χ3n) is 3.81. The molecule has 13 heteroatoms. The van der Waals surface area contributed by atoms with Crippen LogP contribution >= 0.6 is 0 Å². The standard InChI is InChI=1S/C10H16N6O6S/c11-3-6(12)8-13-14-9(21-8)7-2-1-5-4-15(7)10(17)16(5)22-23(18,19)20/h5-7H,1-4,11-12H2,(H,18,19,20)/t5-,6?,7-/m0/s1. The number of piperidine rings is 1. The van der Waals surface area contributed by atoms with Crippen molar-refractivity contribution in [3.63, 3.8) is 0 Å². The summed E-state index contributed by atoms with van der Waals surface area (Å²) in [7, 11) is -4.78. The van der Waals surface area contributed by atoms with Crippen molar-refractivity contribution in [1.82, 2.24) is 20.2 Å². The quantitative estimate of drug-likeness (QED) is 0.542. The van der Waals surface area contributed by atoms with Crippen LogP contribution in [0.2, 0.25) is 0 Å². The van der Waals surface area contributed by atoms with E-state index in [0.717, 1.165) is 0 Å². The van der Waals surface area contributed by atoms with Crippen molar-refractivity contribution in [3.8, 4) is 0 Å². The predicted octanol–water partition coefficient (Wildman–Crippen LogP) is -1.30.